The number of hydrogen-bond acceptors (Lipinski definition) is 3. The summed E-state index contributed by atoms with van der Waals surface area (Å²) in [6.07, 6.45) is 1.68. The highest BCUT2D eigenvalue weighted by molar-refractivity contribution is 5.90. The summed E-state index contributed by atoms with van der Waals surface area (Å²) in [4.78, 5) is 21.9. The van der Waals surface area contributed by atoms with Crippen molar-refractivity contribution in [2.75, 3.05) is 6.61 Å². The second-order valence-corrected chi connectivity index (χ2v) is 4.68. The first-order valence-electron chi connectivity index (χ1n) is 6.84. The lowest BCUT2D eigenvalue weighted by Crippen LogP contribution is -2.13. The molecule has 22 heavy (non-hydrogen) atoms. The molecule has 0 spiro atoms. The molecule has 0 aromatic heterocycles. The molecule has 0 aliphatic heterocycles. The zero-order valence-corrected chi connectivity index (χ0v) is 11.9. The van der Waals surface area contributed by atoms with E-state index in [9.17, 15) is 9.59 Å². The van der Waals surface area contributed by atoms with E-state index in [0.29, 0.717) is 0 Å². The van der Waals surface area contributed by atoms with E-state index in [1.807, 2.05) is 60.7 Å². The lowest BCUT2D eigenvalue weighted by Gasteiger charge is -2.17. The van der Waals surface area contributed by atoms with Crippen LogP contribution in [0, 0.1) is 0 Å². The maximum absolute atomic E-state index is 11.5. The van der Waals surface area contributed by atoms with Crippen molar-refractivity contribution in [1.82, 2.24) is 0 Å². The van der Waals surface area contributed by atoms with E-state index in [2.05, 4.69) is 0 Å². The Morgan fingerprint density at radius 2 is 1.41 bits per heavy atom. The second kappa shape index (κ2) is 7.78. The van der Waals surface area contributed by atoms with Crippen LogP contribution in [0.15, 0.2) is 72.8 Å². The van der Waals surface area contributed by atoms with Gasteiger partial charge in [0.05, 0.1) is 0 Å². The summed E-state index contributed by atoms with van der Waals surface area (Å²) in [5, 5.41) is 8.50. The van der Waals surface area contributed by atoms with Crippen LogP contribution in [0.5, 0.6) is 0 Å². The standard InChI is InChI=1S/C18H16O4/c19-17(20)11-12-18(21)22-13-16(14-7-3-1-4-8-14)15-9-5-2-6-10-15/h1-12,16H,13H2,(H,19,20)/b12-11+. The lowest BCUT2D eigenvalue weighted by atomic mass is 9.92. The Hall–Kier alpha value is -2.88. The SMILES string of the molecule is O=C(O)/C=C/C(=O)OCC(c1ccccc1)c1ccccc1. The van der Waals surface area contributed by atoms with Crippen LogP contribution in [0.2, 0.25) is 0 Å². The Bertz CT molecular complexity index is 608. The van der Waals surface area contributed by atoms with Crippen molar-refractivity contribution in [3.8, 4) is 0 Å². The first-order valence-corrected chi connectivity index (χ1v) is 6.84. The van der Waals surface area contributed by atoms with Gasteiger partial charge < -0.3 is 9.84 Å². The third-order valence-electron chi connectivity index (χ3n) is 3.16. The molecule has 2 aromatic carbocycles. The van der Waals surface area contributed by atoms with Crippen LogP contribution in [0.4, 0.5) is 0 Å². The summed E-state index contributed by atoms with van der Waals surface area (Å²) >= 11 is 0. The minimum absolute atomic E-state index is 0.0930. The number of carbonyl (C=O) groups is 2. The number of benzene rings is 2. The van der Waals surface area contributed by atoms with E-state index in [0.717, 1.165) is 23.3 Å². The van der Waals surface area contributed by atoms with Gasteiger partial charge in [-0.2, -0.15) is 0 Å². The molecule has 0 aliphatic carbocycles. The van der Waals surface area contributed by atoms with Crippen LogP contribution >= 0.6 is 0 Å². The molecule has 0 atom stereocenters. The third-order valence-corrected chi connectivity index (χ3v) is 3.16. The van der Waals surface area contributed by atoms with Crippen molar-refractivity contribution in [3.63, 3.8) is 0 Å². The van der Waals surface area contributed by atoms with Crippen LogP contribution in [0.25, 0.3) is 0 Å². The molecule has 0 bridgehead atoms. The van der Waals surface area contributed by atoms with Gasteiger partial charge in [0.25, 0.3) is 0 Å². The molecule has 0 saturated carbocycles. The maximum atomic E-state index is 11.5. The van der Waals surface area contributed by atoms with Gasteiger partial charge in [0.15, 0.2) is 0 Å². The Morgan fingerprint density at radius 3 is 1.86 bits per heavy atom. The number of carboxylic acids is 1. The van der Waals surface area contributed by atoms with Gasteiger partial charge in [-0.05, 0) is 11.1 Å². The zero-order chi connectivity index (χ0) is 15.8. The van der Waals surface area contributed by atoms with Crippen molar-refractivity contribution in [1.29, 1.82) is 0 Å². The molecule has 112 valence electrons. The summed E-state index contributed by atoms with van der Waals surface area (Å²) in [5.41, 5.74) is 2.06. The molecular formula is C18H16O4. The summed E-state index contributed by atoms with van der Waals surface area (Å²) < 4.78 is 5.17. The first-order chi connectivity index (χ1) is 10.7. The van der Waals surface area contributed by atoms with Crippen molar-refractivity contribution in [2.45, 2.75) is 5.92 Å². The van der Waals surface area contributed by atoms with Gasteiger partial charge in [-0.3, -0.25) is 0 Å². The molecule has 0 aliphatic rings. The molecule has 0 radical (unpaired) electrons. The van der Waals surface area contributed by atoms with E-state index in [4.69, 9.17) is 9.84 Å². The molecule has 0 unspecified atom stereocenters. The third kappa shape index (κ3) is 4.59. The minimum atomic E-state index is -1.18. The molecule has 2 aromatic rings. The van der Waals surface area contributed by atoms with Gasteiger partial charge in [0, 0.05) is 18.1 Å². The van der Waals surface area contributed by atoms with Crippen LogP contribution in [0.3, 0.4) is 0 Å². The molecule has 1 N–H and O–H groups in total. The molecule has 4 heteroatoms. The highest BCUT2D eigenvalue weighted by atomic mass is 16.5. The number of rotatable bonds is 6. The predicted octanol–water partition coefficient (Wildman–Crippen LogP) is 3.00. The van der Waals surface area contributed by atoms with Crippen molar-refractivity contribution < 1.29 is 19.4 Å². The van der Waals surface area contributed by atoms with Gasteiger partial charge >= 0.3 is 11.9 Å². The molecule has 0 amide bonds. The molecular weight excluding hydrogens is 280 g/mol. The van der Waals surface area contributed by atoms with Crippen LogP contribution in [-0.2, 0) is 14.3 Å². The smallest absolute Gasteiger partial charge is 0.331 e. The number of aliphatic carboxylic acids is 1. The van der Waals surface area contributed by atoms with Gasteiger partial charge in [-0.15, -0.1) is 0 Å². The van der Waals surface area contributed by atoms with Crippen molar-refractivity contribution in [3.05, 3.63) is 83.9 Å². The highest BCUT2D eigenvalue weighted by Gasteiger charge is 2.15. The summed E-state index contributed by atoms with van der Waals surface area (Å²) in [5.74, 6) is -1.94. The number of hydrogen-bond donors (Lipinski definition) is 1. The summed E-state index contributed by atoms with van der Waals surface area (Å²) in [7, 11) is 0. The van der Waals surface area contributed by atoms with Gasteiger partial charge in [0.2, 0.25) is 0 Å². The van der Waals surface area contributed by atoms with E-state index >= 15 is 0 Å². The predicted molar refractivity (Wildman–Crippen MR) is 82.5 cm³/mol. The summed E-state index contributed by atoms with van der Waals surface area (Å²) in [6.45, 7) is 0.150. The molecule has 4 nitrogen and oxygen atoms in total. The minimum Gasteiger partial charge on any atom is -0.478 e. The quantitative estimate of drug-likeness (QED) is 0.657. The van der Waals surface area contributed by atoms with Gasteiger partial charge in [-0.1, -0.05) is 60.7 Å². The summed E-state index contributed by atoms with van der Waals surface area (Å²) in [6, 6.07) is 19.4. The van der Waals surface area contributed by atoms with Crippen LogP contribution in [-0.4, -0.2) is 23.7 Å². The normalized spacial score (nSPS) is 10.8. The van der Waals surface area contributed by atoms with E-state index in [1.165, 1.54) is 0 Å². The maximum Gasteiger partial charge on any atom is 0.331 e. The Balaban J connectivity index is 2.13. The van der Waals surface area contributed by atoms with Crippen molar-refractivity contribution >= 4 is 11.9 Å². The number of esters is 1. The fourth-order valence-corrected chi connectivity index (χ4v) is 2.11. The second-order valence-electron chi connectivity index (χ2n) is 4.68. The van der Waals surface area contributed by atoms with Crippen LogP contribution < -0.4 is 0 Å². The van der Waals surface area contributed by atoms with Crippen LogP contribution in [0.1, 0.15) is 17.0 Å². The Morgan fingerprint density at radius 1 is 0.909 bits per heavy atom. The largest absolute Gasteiger partial charge is 0.478 e. The van der Waals surface area contributed by atoms with E-state index in [-0.39, 0.29) is 12.5 Å². The molecule has 0 heterocycles. The van der Waals surface area contributed by atoms with Gasteiger partial charge in [0.1, 0.15) is 6.61 Å². The monoisotopic (exact) mass is 296 g/mol. The van der Waals surface area contributed by atoms with E-state index < -0.39 is 11.9 Å². The average molecular weight is 296 g/mol. The number of carboxylic acid groups (broad SMARTS) is 1. The number of carbonyl (C=O) groups excluding carboxylic acids is 1. The Kier molecular flexibility index (Phi) is 5.49. The average Bonchev–Trinajstić information content (AvgIpc) is 2.55. The fourth-order valence-electron chi connectivity index (χ4n) is 2.11. The highest BCUT2D eigenvalue weighted by Crippen LogP contribution is 2.24. The zero-order valence-electron chi connectivity index (χ0n) is 11.9. The lowest BCUT2D eigenvalue weighted by molar-refractivity contribution is -0.139. The first kappa shape index (κ1) is 15.5. The van der Waals surface area contributed by atoms with Crippen molar-refractivity contribution in [2.24, 2.45) is 0 Å². The fraction of sp³-hybridized carbons (Fsp3) is 0.111. The van der Waals surface area contributed by atoms with Gasteiger partial charge in [-0.25, -0.2) is 9.59 Å². The molecule has 0 saturated heterocycles. The van der Waals surface area contributed by atoms with E-state index in [1.54, 1.807) is 0 Å². The Labute approximate surface area is 128 Å². The molecule has 2 rings (SSSR count). The number of ether oxygens (including phenoxy) is 1. The topological polar surface area (TPSA) is 63.6 Å². The molecule has 0 fully saturated rings.